The Hall–Kier alpha value is -2.12. The minimum Gasteiger partial charge on any atom is -0.481 e. The van der Waals surface area contributed by atoms with Gasteiger partial charge in [-0.15, -0.1) is 0 Å². The predicted molar refractivity (Wildman–Crippen MR) is 106 cm³/mol. The van der Waals surface area contributed by atoms with Gasteiger partial charge in [-0.2, -0.15) is 11.8 Å². The van der Waals surface area contributed by atoms with Gasteiger partial charge in [0.1, 0.15) is 0 Å². The first-order valence-electron chi connectivity index (χ1n) is 9.31. The Labute approximate surface area is 163 Å². The second-order valence-corrected chi connectivity index (χ2v) is 8.04. The molecule has 142 valence electrons. The monoisotopic (exact) mass is 384 g/mol. The summed E-state index contributed by atoms with van der Waals surface area (Å²) in [6, 6.07) is 8.34. The molecule has 2 aromatic heterocycles. The van der Waals surface area contributed by atoms with E-state index in [4.69, 9.17) is 4.74 Å². The normalized spacial score (nSPS) is 18.8. The van der Waals surface area contributed by atoms with Crippen LogP contribution in [0.15, 0.2) is 30.5 Å². The molecule has 4 rings (SSSR count). The molecule has 7 heteroatoms. The highest BCUT2D eigenvalue weighted by Gasteiger charge is 2.30. The minimum atomic E-state index is 0.0498. The Morgan fingerprint density at radius 2 is 2.33 bits per heavy atom. The second kappa shape index (κ2) is 8.27. The smallest absolute Gasteiger partial charge is 0.256 e. The highest BCUT2D eigenvalue weighted by Crippen LogP contribution is 2.28. The molecule has 0 aromatic carbocycles. The molecule has 1 fully saturated rings. The molecule has 0 saturated carbocycles. The van der Waals surface area contributed by atoms with E-state index >= 15 is 0 Å². The quantitative estimate of drug-likeness (QED) is 0.790. The first kappa shape index (κ1) is 18.3. The lowest BCUT2D eigenvalue weighted by Gasteiger charge is -2.14. The van der Waals surface area contributed by atoms with E-state index in [-0.39, 0.29) is 5.91 Å². The number of hydrogen-bond donors (Lipinski definition) is 1. The van der Waals surface area contributed by atoms with Crippen LogP contribution in [0.3, 0.4) is 0 Å². The molecule has 1 unspecified atom stereocenters. The summed E-state index contributed by atoms with van der Waals surface area (Å²) in [6.45, 7) is 1.85. The van der Waals surface area contributed by atoms with E-state index in [1.165, 1.54) is 12.2 Å². The van der Waals surface area contributed by atoms with Crippen molar-refractivity contribution in [3.05, 3.63) is 53.0 Å². The zero-order chi connectivity index (χ0) is 18.6. The summed E-state index contributed by atoms with van der Waals surface area (Å²) >= 11 is 1.98. The first-order chi connectivity index (χ1) is 13.2. The van der Waals surface area contributed by atoms with Crippen LogP contribution in [-0.4, -0.2) is 52.0 Å². The molecule has 6 nitrogen and oxygen atoms in total. The average Bonchev–Trinajstić information content (AvgIpc) is 3.33. The molecule has 2 aliphatic heterocycles. The SMILES string of the molecule is COc1nc2c(cc1CNC1CCSC1)C(=O)N(CCc1ccccn1)C2. The van der Waals surface area contributed by atoms with Gasteiger partial charge in [-0.05, 0) is 30.4 Å². The maximum absolute atomic E-state index is 12.8. The van der Waals surface area contributed by atoms with Crippen LogP contribution in [-0.2, 0) is 19.5 Å². The van der Waals surface area contributed by atoms with E-state index in [0.29, 0.717) is 37.1 Å². The van der Waals surface area contributed by atoms with Crippen molar-refractivity contribution < 1.29 is 9.53 Å². The molecule has 1 saturated heterocycles. The Kier molecular flexibility index (Phi) is 5.59. The van der Waals surface area contributed by atoms with Gasteiger partial charge >= 0.3 is 0 Å². The summed E-state index contributed by atoms with van der Waals surface area (Å²) in [4.78, 5) is 23.6. The first-order valence-corrected chi connectivity index (χ1v) is 10.5. The summed E-state index contributed by atoms with van der Waals surface area (Å²) in [6.07, 6.45) is 3.71. The number of methoxy groups -OCH3 is 1. The van der Waals surface area contributed by atoms with Gasteiger partial charge < -0.3 is 15.0 Å². The minimum absolute atomic E-state index is 0.0498. The van der Waals surface area contributed by atoms with Crippen molar-refractivity contribution >= 4 is 17.7 Å². The summed E-state index contributed by atoms with van der Waals surface area (Å²) in [5, 5.41) is 3.56. The van der Waals surface area contributed by atoms with Crippen molar-refractivity contribution in [3.63, 3.8) is 0 Å². The van der Waals surface area contributed by atoms with Gasteiger partial charge in [-0.3, -0.25) is 9.78 Å². The topological polar surface area (TPSA) is 67.3 Å². The zero-order valence-corrected chi connectivity index (χ0v) is 16.3. The van der Waals surface area contributed by atoms with Gasteiger partial charge in [0, 0.05) is 48.8 Å². The number of pyridine rings is 2. The lowest BCUT2D eigenvalue weighted by molar-refractivity contribution is 0.0779. The summed E-state index contributed by atoms with van der Waals surface area (Å²) in [5.41, 5.74) is 3.45. The van der Waals surface area contributed by atoms with E-state index in [0.717, 1.165) is 29.1 Å². The number of aromatic nitrogens is 2. The van der Waals surface area contributed by atoms with Gasteiger partial charge in [-0.25, -0.2) is 4.98 Å². The van der Waals surface area contributed by atoms with Crippen molar-refractivity contribution in [1.82, 2.24) is 20.2 Å². The highest BCUT2D eigenvalue weighted by atomic mass is 32.2. The Morgan fingerprint density at radius 3 is 3.07 bits per heavy atom. The second-order valence-electron chi connectivity index (χ2n) is 6.89. The van der Waals surface area contributed by atoms with Crippen LogP contribution >= 0.6 is 11.8 Å². The summed E-state index contributed by atoms with van der Waals surface area (Å²) < 4.78 is 5.49. The number of amides is 1. The van der Waals surface area contributed by atoms with Gasteiger partial charge in [-0.1, -0.05) is 6.07 Å². The van der Waals surface area contributed by atoms with Gasteiger partial charge in [0.05, 0.1) is 24.9 Å². The number of fused-ring (bicyclic) bond motifs is 1. The van der Waals surface area contributed by atoms with Crippen LogP contribution < -0.4 is 10.1 Å². The number of thioether (sulfide) groups is 1. The summed E-state index contributed by atoms with van der Waals surface area (Å²) in [5.74, 6) is 3.02. The van der Waals surface area contributed by atoms with E-state index in [2.05, 4.69) is 15.3 Å². The number of nitrogens with one attached hydrogen (secondary N) is 1. The van der Waals surface area contributed by atoms with Gasteiger partial charge in [0.25, 0.3) is 5.91 Å². The van der Waals surface area contributed by atoms with Crippen LogP contribution in [0.5, 0.6) is 5.88 Å². The van der Waals surface area contributed by atoms with E-state index < -0.39 is 0 Å². The Bertz CT molecular complexity index is 809. The zero-order valence-electron chi connectivity index (χ0n) is 15.5. The summed E-state index contributed by atoms with van der Waals surface area (Å²) in [7, 11) is 1.64. The van der Waals surface area contributed by atoms with Crippen LogP contribution in [0, 0.1) is 0 Å². The molecule has 2 aromatic rings. The predicted octanol–water partition coefficient (Wildman–Crippen LogP) is 2.28. The molecule has 1 N–H and O–H groups in total. The fourth-order valence-electron chi connectivity index (χ4n) is 3.53. The fourth-order valence-corrected chi connectivity index (χ4v) is 4.72. The number of carbonyl (C=O) groups excluding carboxylic acids is 1. The van der Waals surface area contributed by atoms with Crippen molar-refractivity contribution in [3.8, 4) is 5.88 Å². The molecular weight excluding hydrogens is 360 g/mol. The number of rotatable bonds is 7. The lowest BCUT2D eigenvalue weighted by Crippen LogP contribution is -2.28. The third-order valence-electron chi connectivity index (χ3n) is 5.07. The number of ether oxygens (including phenoxy) is 1. The van der Waals surface area contributed by atoms with E-state index in [9.17, 15) is 4.79 Å². The largest absolute Gasteiger partial charge is 0.481 e. The molecule has 0 aliphatic carbocycles. The van der Waals surface area contributed by atoms with Crippen LogP contribution in [0.25, 0.3) is 0 Å². The molecule has 0 bridgehead atoms. The van der Waals surface area contributed by atoms with Crippen molar-refractivity contribution in [2.45, 2.75) is 32.0 Å². The van der Waals surface area contributed by atoms with Gasteiger partial charge in [0.15, 0.2) is 0 Å². The van der Waals surface area contributed by atoms with E-state index in [1.807, 2.05) is 40.9 Å². The van der Waals surface area contributed by atoms with E-state index in [1.54, 1.807) is 13.3 Å². The molecule has 2 aliphatic rings. The van der Waals surface area contributed by atoms with Crippen molar-refractivity contribution in [2.24, 2.45) is 0 Å². The Morgan fingerprint density at radius 1 is 1.41 bits per heavy atom. The van der Waals surface area contributed by atoms with Gasteiger partial charge in [0.2, 0.25) is 5.88 Å². The molecule has 1 amide bonds. The fraction of sp³-hybridized carbons (Fsp3) is 0.450. The third-order valence-corrected chi connectivity index (χ3v) is 6.23. The lowest BCUT2D eigenvalue weighted by atomic mass is 10.1. The molecule has 4 heterocycles. The highest BCUT2D eigenvalue weighted by molar-refractivity contribution is 7.99. The van der Waals surface area contributed by atoms with Crippen LogP contribution in [0.4, 0.5) is 0 Å². The molecule has 27 heavy (non-hydrogen) atoms. The van der Waals surface area contributed by atoms with Crippen LogP contribution in [0.2, 0.25) is 0 Å². The standard InChI is InChI=1S/C20H24N4O2S/c1-26-19-14(11-22-16-6-9-27-13-16)10-17-18(23-19)12-24(20(17)25)8-5-15-4-2-3-7-21-15/h2-4,7,10,16,22H,5-6,8-9,11-13H2,1H3. The number of hydrogen-bond acceptors (Lipinski definition) is 6. The molecule has 1 atom stereocenters. The third kappa shape index (κ3) is 4.09. The van der Waals surface area contributed by atoms with Crippen molar-refractivity contribution in [2.75, 3.05) is 25.2 Å². The van der Waals surface area contributed by atoms with Crippen LogP contribution in [0.1, 0.15) is 33.7 Å². The number of nitrogens with zero attached hydrogens (tertiary/aromatic N) is 3. The number of carbonyl (C=O) groups is 1. The average molecular weight is 385 g/mol. The molecular formula is C20H24N4O2S. The Balaban J connectivity index is 1.45. The molecule has 0 spiro atoms. The van der Waals surface area contributed by atoms with Crippen molar-refractivity contribution in [1.29, 1.82) is 0 Å². The maximum atomic E-state index is 12.8. The molecule has 0 radical (unpaired) electrons. The maximum Gasteiger partial charge on any atom is 0.256 e.